The number of aliphatic hydroxyl groups excluding tert-OH is 1. The summed E-state index contributed by atoms with van der Waals surface area (Å²) in [6, 6.07) is 10.2. The van der Waals surface area contributed by atoms with Crippen LogP contribution in [0.15, 0.2) is 49.1 Å². The first-order valence-electron chi connectivity index (χ1n) is 13.5. The Balaban J connectivity index is 2.27. The number of hydrogen-bond acceptors (Lipinski definition) is 5. The third-order valence-corrected chi connectivity index (χ3v) is 13.8. The average molecular weight is 555 g/mol. The molecule has 1 aliphatic heterocycles. The number of nitrogens with zero attached hydrogens (tertiary/aromatic N) is 2. The molecule has 9 heteroatoms. The molecule has 212 valence electrons. The van der Waals surface area contributed by atoms with Crippen molar-refractivity contribution in [3.05, 3.63) is 60.2 Å². The molecule has 0 aliphatic carbocycles. The molecule has 2 amide bonds. The molecule has 1 heterocycles. The van der Waals surface area contributed by atoms with Gasteiger partial charge in [-0.2, -0.15) is 0 Å². The quantitative estimate of drug-likeness (QED) is 0.244. The lowest BCUT2D eigenvalue weighted by Gasteiger charge is -2.42. The van der Waals surface area contributed by atoms with E-state index in [0.29, 0.717) is 23.6 Å². The van der Waals surface area contributed by atoms with E-state index in [1.165, 1.54) is 13.2 Å². The first-order valence-corrected chi connectivity index (χ1v) is 15.6. The summed E-state index contributed by atoms with van der Waals surface area (Å²) in [6.45, 7) is 16.5. The normalized spacial score (nSPS) is 15.1. The summed E-state index contributed by atoms with van der Waals surface area (Å²) in [5.41, 5.74) is 2.77. The highest BCUT2D eigenvalue weighted by molar-refractivity contribution is 6.78. The Bertz CT molecular complexity index is 1190. The summed E-state index contributed by atoms with van der Waals surface area (Å²) in [5.74, 6) is 0.356. The van der Waals surface area contributed by atoms with E-state index in [9.17, 15) is 19.8 Å². The average Bonchev–Trinajstić information content (AvgIpc) is 3.27. The van der Waals surface area contributed by atoms with Gasteiger partial charge in [-0.15, -0.1) is 6.58 Å². The number of carbonyl (C=O) groups is 2. The molecular formula is C30H42N2O6Si. The van der Waals surface area contributed by atoms with Crippen molar-refractivity contribution in [2.24, 2.45) is 0 Å². The lowest BCUT2D eigenvalue weighted by Crippen LogP contribution is -2.50. The van der Waals surface area contributed by atoms with Gasteiger partial charge in [-0.1, -0.05) is 65.8 Å². The number of rotatable bonds is 11. The maximum atomic E-state index is 14.2. The van der Waals surface area contributed by atoms with Crippen molar-refractivity contribution >= 4 is 31.7 Å². The van der Waals surface area contributed by atoms with Crippen molar-refractivity contribution in [3.63, 3.8) is 0 Å². The largest absolute Gasteiger partial charge is 0.540 e. The van der Waals surface area contributed by atoms with Crippen LogP contribution in [-0.2, 0) is 6.42 Å². The van der Waals surface area contributed by atoms with E-state index in [1.54, 1.807) is 17.0 Å². The zero-order chi connectivity index (χ0) is 29.1. The predicted octanol–water partition coefficient (Wildman–Crippen LogP) is 6.48. The Morgan fingerprint density at radius 2 is 1.72 bits per heavy atom. The third kappa shape index (κ3) is 5.56. The second-order valence-corrected chi connectivity index (χ2v) is 16.3. The standard InChI is InChI=1S/C30H42N2O6Si/c1-9-14-31(30(35)36)26-17-28(38-39(19(2)3,20(4)5)21(6)7)27(37-8)16-24(26)29(34)32-23(18-33)15-22-12-10-11-13-25(22)32/h9-13,16-17,19-21,23,33H,1,14-15,18H2,2-8H3,(H,35,36). The molecule has 0 saturated carbocycles. The molecule has 0 radical (unpaired) electrons. The molecule has 2 aromatic rings. The number of carbonyl (C=O) groups excluding carboxylic acids is 1. The van der Waals surface area contributed by atoms with Crippen LogP contribution in [0.4, 0.5) is 16.2 Å². The Hall–Kier alpha value is -3.30. The summed E-state index contributed by atoms with van der Waals surface area (Å²) < 4.78 is 12.7. The number of methoxy groups -OCH3 is 1. The fourth-order valence-corrected chi connectivity index (χ4v) is 11.4. The Morgan fingerprint density at radius 3 is 2.23 bits per heavy atom. The second-order valence-electron chi connectivity index (χ2n) is 11.0. The molecule has 8 nitrogen and oxygen atoms in total. The van der Waals surface area contributed by atoms with Crippen molar-refractivity contribution in [2.45, 2.75) is 70.6 Å². The molecule has 1 aliphatic rings. The van der Waals surface area contributed by atoms with Crippen molar-refractivity contribution in [3.8, 4) is 11.5 Å². The highest BCUT2D eigenvalue weighted by atomic mass is 28.4. The Kier molecular flexibility index (Phi) is 9.50. The van der Waals surface area contributed by atoms with Crippen LogP contribution >= 0.6 is 0 Å². The third-order valence-electron chi connectivity index (χ3n) is 7.84. The lowest BCUT2D eigenvalue weighted by atomic mass is 10.1. The minimum atomic E-state index is -2.45. The van der Waals surface area contributed by atoms with Crippen LogP contribution in [-0.4, -0.2) is 56.8 Å². The molecule has 2 N–H and O–H groups in total. The first kappa shape index (κ1) is 30.2. The number of aliphatic hydroxyl groups is 1. The van der Waals surface area contributed by atoms with Gasteiger partial charge in [0.15, 0.2) is 5.75 Å². The monoisotopic (exact) mass is 554 g/mol. The fourth-order valence-electron chi connectivity index (χ4n) is 6.15. The summed E-state index contributed by atoms with van der Waals surface area (Å²) in [5, 5.41) is 20.3. The lowest BCUT2D eigenvalue weighted by molar-refractivity contribution is 0.0968. The highest BCUT2D eigenvalue weighted by Crippen LogP contribution is 2.47. The molecule has 0 spiro atoms. The number of hydrogen-bond donors (Lipinski definition) is 2. The van der Waals surface area contributed by atoms with Gasteiger partial charge < -0.3 is 24.3 Å². The van der Waals surface area contributed by atoms with Crippen molar-refractivity contribution in [2.75, 3.05) is 30.1 Å². The zero-order valence-corrected chi connectivity index (χ0v) is 25.1. The molecule has 0 bridgehead atoms. The zero-order valence-electron chi connectivity index (χ0n) is 24.1. The summed E-state index contributed by atoms with van der Waals surface area (Å²) in [4.78, 5) is 29.3. The summed E-state index contributed by atoms with van der Waals surface area (Å²) >= 11 is 0. The van der Waals surface area contributed by atoms with E-state index in [0.717, 1.165) is 10.5 Å². The molecule has 1 atom stereocenters. The van der Waals surface area contributed by atoms with Crippen LogP contribution in [0, 0.1) is 0 Å². The van der Waals surface area contributed by atoms with E-state index in [1.807, 2.05) is 24.3 Å². The van der Waals surface area contributed by atoms with Gasteiger partial charge in [0.05, 0.1) is 31.0 Å². The van der Waals surface area contributed by atoms with Gasteiger partial charge in [0, 0.05) is 18.3 Å². The SMILES string of the molecule is C=CCN(C(=O)O)c1cc(O[Si](C(C)C)(C(C)C)C(C)C)c(OC)cc1C(=O)N1c2ccccc2CC1CO. The van der Waals surface area contributed by atoms with Gasteiger partial charge in [0.1, 0.15) is 5.75 Å². The van der Waals surface area contributed by atoms with Gasteiger partial charge in [-0.25, -0.2) is 4.79 Å². The number of ether oxygens (including phenoxy) is 1. The van der Waals surface area contributed by atoms with Crippen LogP contribution in [0.2, 0.25) is 16.6 Å². The van der Waals surface area contributed by atoms with Gasteiger partial charge in [-0.3, -0.25) is 9.69 Å². The van der Waals surface area contributed by atoms with Crippen molar-refractivity contribution in [1.82, 2.24) is 0 Å². The van der Waals surface area contributed by atoms with Crippen LogP contribution in [0.1, 0.15) is 57.5 Å². The Labute approximate surface area is 233 Å². The van der Waals surface area contributed by atoms with Crippen LogP contribution < -0.4 is 19.0 Å². The fraction of sp³-hybridized carbons (Fsp3) is 0.467. The van der Waals surface area contributed by atoms with E-state index in [2.05, 4.69) is 48.1 Å². The van der Waals surface area contributed by atoms with E-state index < -0.39 is 26.4 Å². The second kappa shape index (κ2) is 12.3. The van der Waals surface area contributed by atoms with Gasteiger partial charge in [0.2, 0.25) is 0 Å². The predicted molar refractivity (Wildman–Crippen MR) is 158 cm³/mol. The number of amides is 2. The highest BCUT2D eigenvalue weighted by Gasteiger charge is 2.48. The number of benzene rings is 2. The van der Waals surface area contributed by atoms with Crippen molar-refractivity contribution in [1.29, 1.82) is 0 Å². The summed E-state index contributed by atoms with van der Waals surface area (Å²) in [7, 11) is -0.935. The molecule has 0 fully saturated rings. The maximum absolute atomic E-state index is 14.2. The van der Waals surface area contributed by atoms with E-state index in [4.69, 9.17) is 9.16 Å². The smallest absolute Gasteiger partial charge is 0.412 e. The van der Waals surface area contributed by atoms with Gasteiger partial charge in [-0.05, 0) is 40.7 Å². The molecule has 39 heavy (non-hydrogen) atoms. The number of fused-ring (bicyclic) bond motifs is 1. The van der Waals surface area contributed by atoms with Gasteiger partial charge >= 0.3 is 6.09 Å². The van der Waals surface area contributed by atoms with Crippen molar-refractivity contribution < 1.29 is 29.0 Å². The molecule has 0 aromatic heterocycles. The van der Waals surface area contributed by atoms with Crippen LogP contribution in [0.5, 0.6) is 11.5 Å². The Morgan fingerprint density at radius 1 is 1.10 bits per heavy atom. The summed E-state index contributed by atoms with van der Waals surface area (Å²) in [6.07, 6.45) is 0.761. The van der Waals surface area contributed by atoms with E-state index >= 15 is 0 Å². The topological polar surface area (TPSA) is 99.5 Å². The molecule has 3 rings (SSSR count). The van der Waals surface area contributed by atoms with Crippen LogP contribution in [0.3, 0.4) is 0 Å². The maximum Gasteiger partial charge on any atom is 0.412 e. The minimum absolute atomic E-state index is 0.0253. The number of para-hydroxylation sites is 1. The molecule has 0 saturated heterocycles. The first-order chi connectivity index (χ1) is 18.4. The minimum Gasteiger partial charge on any atom is -0.540 e. The molecule has 1 unspecified atom stereocenters. The van der Waals surface area contributed by atoms with E-state index in [-0.39, 0.29) is 41.0 Å². The molecule has 2 aromatic carbocycles. The van der Waals surface area contributed by atoms with Crippen LogP contribution in [0.25, 0.3) is 0 Å². The number of carboxylic acid groups (broad SMARTS) is 1. The number of anilines is 2. The molecular weight excluding hydrogens is 512 g/mol. The van der Waals surface area contributed by atoms with Gasteiger partial charge in [0.25, 0.3) is 14.2 Å².